The predicted octanol–water partition coefficient (Wildman–Crippen LogP) is 4.29. The maximum Gasteiger partial charge on any atom is 0.273 e. The molecule has 7 nitrogen and oxygen atoms in total. The van der Waals surface area contributed by atoms with Gasteiger partial charge in [-0.2, -0.15) is 5.10 Å². The van der Waals surface area contributed by atoms with Gasteiger partial charge < -0.3 is 4.74 Å². The monoisotopic (exact) mass is 434 g/mol. The lowest BCUT2D eigenvalue weighted by atomic mass is 10.1. The molecule has 1 unspecified atom stereocenters. The molecule has 1 aliphatic rings. The molecule has 0 saturated heterocycles. The molecular weight excluding hydrogens is 412 g/mol. The fourth-order valence-corrected chi connectivity index (χ4v) is 4.13. The highest BCUT2D eigenvalue weighted by atomic mass is 32.1. The van der Waals surface area contributed by atoms with Gasteiger partial charge in [0.15, 0.2) is 10.9 Å². The normalized spacial score (nSPS) is 15.5. The lowest BCUT2D eigenvalue weighted by Crippen LogP contribution is -2.33. The Morgan fingerprint density at radius 1 is 1.19 bits per heavy atom. The summed E-state index contributed by atoms with van der Waals surface area (Å²) >= 11 is 1.33. The summed E-state index contributed by atoms with van der Waals surface area (Å²) in [5, 5.41) is 11.2. The second-order valence-corrected chi connectivity index (χ2v) is 8.11. The number of Topliss-reactive ketones (excluding diaryl/α,β-unsaturated/α-hetero) is 1. The number of carbonyl (C=O) groups excluding carboxylic acids is 2. The molecule has 0 bridgehead atoms. The fraction of sp³-hybridized carbons (Fsp3) is 0.217. The standard InChI is InChI=1S/C23H22N4O3S/c1-14-9-10-21(30-3)17(11-14)19-13-31-23(24-19)25-22(29)18-12-20(15(2)28)27(26-18)16-7-5-4-6-8-16/h4-11,13,20H,12H2,1-3H3,(H,24,25,29). The minimum Gasteiger partial charge on any atom is -0.496 e. The van der Waals surface area contributed by atoms with Crippen molar-refractivity contribution in [3.05, 3.63) is 59.5 Å². The number of hydrazone groups is 1. The quantitative estimate of drug-likeness (QED) is 0.626. The first-order valence-corrected chi connectivity index (χ1v) is 10.7. The smallest absolute Gasteiger partial charge is 0.273 e. The van der Waals surface area contributed by atoms with Gasteiger partial charge in [0.1, 0.15) is 17.5 Å². The number of nitrogens with zero attached hydrogens (tertiary/aromatic N) is 3. The minimum absolute atomic E-state index is 0.0431. The number of methoxy groups -OCH3 is 1. The number of carbonyl (C=O) groups is 2. The number of amides is 1. The fourth-order valence-electron chi connectivity index (χ4n) is 3.43. The molecule has 2 aromatic carbocycles. The third-order valence-electron chi connectivity index (χ3n) is 5.02. The molecule has 0 spiro atoms. The number of ether oxygens (including phenoxy) is 1. The number of ketones is 1. The van der Waals surface area contributed by atoms with Crippen LogP contribution in [0.1, 0.15) is 18.9 Å². The van der Waals surface area contributed by atoms with E-state index < -0.39 is 6.04 Å². The maximum atomic E-state index is 12.8. The number of aryl methyl sites for hydroxylation is 1. The van der Waals surface area contributed by atoms with Crippen LogP contribution in [0.4, 0.5) is 10.8 Å². The van der Waals surface area contributed by atoms with Crippen molar-refractivity contribution < 1.29 is 14.3 Å². The topological polar surface area (TPSA) is 83.9 Å². The lowest BCUT2D eigenvalue weighted by molar-refractivity contribution is -0.118. The van der Waals surface area contributed by atoms with Crippen LogP contribution in [0.15, 0.2) is 59.0 Å². The van der Waals surface area contributed by atoms with Crippen molar-refractivity contribution in [2.24, 2.45) is 5.10 Å². The summed E-state index contributed by atoms with van der Waals surface area (Å²) in [7, 11) is 1.62. The van der Waals surface area contributed by atoms with E-state index >= 15 is 0 Å². The van der Waals surface area contributed by atoms with E-state index in [0.717, 1.165) is 28.3 Å². The summed E-state index contributed by atoms with van der Waals surface area (Å²) in [5.41, 5.74) is 3.75. The van der Waals surface area contributed by atoms with E-state index in [1.54, 1.807) is 12.1 Å². The molecule has 0 radical (unpaired) electrons. The number of benzene rings is 2. The maximum absolute atomic E-state index is 12.8. The number of anilines is 2. The molecule has 3 aromatic rings. The highest BCUT2D eigenvalue weighted by molar-refractivity contribution is 7.14. The van der Waals surface area contributed by atoms with Crippen LogP contribution >= 0.6 is 11.3 Å². The molecular formula is C23H22N4O3S. The first-order chi connectivity index (χ1) is 15.0. The van der Waals surface area contributed by atoms with Crippen molar-refractivity contribution in [1.29, 1.82) is 0 Å². The van der Waals surface area contributed by atoms with Crippen molar-refractivity contribution >= 4 is 39.6 Å². The van der Waals surface area contributed by atoms with Gasteiger partial charge in [-0.05, 0) is 38.1 Å². The Labute approximate surface area is 184 Å². The van der Waals surface area contributed by atoms with Crippen LogP contribution in [0.3, 0.4) is 0 Å². The van der Waals surface area contributed by atoms with Gasteiger partial charge in [-0.1, -0.05) is 29.8 Å². The summed E-state index contributed by atoms with van der Waals surface area (Å²) in [5.74, 6) is 0.317. The largest absolute Gasteiger partial charge is 0.496 e. The molecule has 1 amide bonds. The molecule has 8 heteroatoms. The van der Waals surface area contributed by atoms with Crippen LogP contribution in [-0.2, 0) is 9.59 Å². The van der Waals surface area contributed by atoms with Crippen molar-refractivity contribution in [3.8, 4) is 17.0 Å². The predicted molar refractivity (Wildman–Crippen MR) is 123 cm³/mol. The summed E-state index contributed by atoms with van der Waals surface area (Å²) < 4.78 is 5.44. The van der Waals surface area contributed by atoms with Gasteiger partial charge in [0.05, 0.1) is 18.5 Å². The first-order valence-electron chi connectivity index (χ1n) is 9.80. The Morgan fingerprint density at radius 2 is 1.97 bits per heavy atom. The van der Waals surface area contributed by atoms with E-state index in [9.17, 15) is 9.59 Å². The number of hydrogen-bond donors (Lipinski definition) is 1. The molecule has 4 rings (SSSR count). The van der Waals surface area contributed by atoms with Gasteiger partial charge in [0, 0.05) is 17.4 Å². The van der Waals surface area contributed by atoms with Gasteiger partial charge in [0.2, 0.25) is 0 Å². The first kappa shape index (κ1) is 20.7. The summed E-state index contributed by atoms with van der Waals surface area (Å²) in [4.78, 5) is 29.5. The molecule has 158 valence electrons. The average molecular weight is 435 g/mol. The highest BCUT2D eigenvalue weighted by Crippen LogP contribution is 2.33. The van der Waals surface area contributed by atoms with Gasteiger partial charge >= 0.3 is 0 Å². The zero-order chi connectivity index (χ0) is 22.0. The third kappa shape index (κ3) is 4.34. The summed E-state index contributed by atoms with van der Waals surface area (Å²) in [6, 6.07) is 14.7. The Balaban J connectivity index is 1.54. The average Bonchev–Trinajstić information content (AvgIpc) is 3.42. The van der Waals surface area contributed by atoms with E-state index in [2.05, 4.69) is 15.4 Å². The van der Waals surface area contributed by atoms with Crippen LogP contribution in [0, 0.1) is 6.92 Å². The zero-order valence-electron chi connectivity index (χ0n) is 17.5. The van der Waals surface area contributed by atoms with E-state index in [1.165, 1.54) is 18.3 Å². The van der Waals surface area contributed by atoms with Crippen molar-refractivity contribution in [2.45, 2.75) is 26.3 Å². The Kier molecular flexibility index (Phi) is 5.81. The van der Waals surface area contributed by atoms with Crippen molar-refractivity contribution in [2.75, 3.05) is 17.4 Å². The van der Waals surface area contributed by atoms with Gasteiger partial charge in [-0.3, -0.25) is 19.9 Å². The number of para-hydroxylation sites is 1. The molecule has 0 aliphatic carbocycles. The van der Waals surface area contributed by atoms with Crippen LogP contribution in [0.25, 0.3) is 11.3 Å². The highest BCUT2D eigenvalue weighted by Gasteiger charge is 2.34. The molecule has 0 saturated carbocycles. The lowest BCUT2D eigenvalue weighted by Gasteiger charge is -2.20. The minimum atomic E-state index is -0.494. The van der Waals surface area contributed by atoms with Gasteiger partial charge in [-0.15, -0.1) is 11.3 Å². The number of thiazole rings is 1. The second-order valence-electron chi connectivity index (χ2n) is 7.25. The van der Waals surface area contributed by atoms with Crippen LogP contribution in [0.5, 0.6) is 5.75 Å². The molecule has 1 atom stereocenters. The van der Waals surface area contributed by atoms with Gasteiger partial charge in [-0.25, -0.2) is 4.98 Å². The van der Waals surface area contributed by atoms with Crippen LogP contribution in [0.2, 0.25) is 0 Å². The van der Waals surface area contributed by atoms with Crippen LogP contribution < -0.4 is 15.1 Å². The molecule has 0 fully saturated rings. The van der Waals surface area contributed by atoms with E-state index in [4.69, 9.17) is 4.74 Å². The number of aromatic nitrogens is 1. The summed E-state index contributed by atoms with van der Waals surface area (Å²) in [6.45, 7) is 3.51. The number of rotatable bonds is 6. The van der Waals surface area contributed by atoms with E-state index in [1.807, 2.05) is 60.8 Å². The molecule has 31 heavy (non-hydrogen) atoms. The third-order valence-corrected chi connectivity index (χ3v) is 5.78. The number of nitrogens with one attached hydrogen (secondary N) is 1. The Bertz CT molecular complexity index is 1160. The molecule has 1 aromatic heterocycles. The van der Waals surface area contributed by atoms with Crippen molar-refractivity contribution in [1.82, 2.24) is 4.98 Å². The summed E-state index contributed by atoms with van der Waals surface area (Å²) in [6.07, 6.45) is 0.250. The SMILES string of the molecule is COc1ccc(C)cc1-c1csc(NC(=O)C2=NN(c3ccccc3)C(C(C)=O)C2)n1. The van der Waals surface area contributed by atoms with E-state index in [0.29, 0.717) is 10.8 Å². The van der Waals surface area contributed by atoms with Crippen LogP contribution in [-0.4, -0.2) is 35.5 Å². The molecule has 1 N–H and O–H groups in total. The molecule has 1 aliphatic heterocycles. The van der Waals surface area contributed by atoms with Gasteiger partial charge in [0.25, 0.3) is 5.91 Å². The molecule has 2 heterocycles. The van der Waals surface area contributed by atoms with E-state index in [-0.39, 0.29) is 18.1 Å². The Hall–Kier alpha value is -3.52. The number of hydrogen-bond acceptors (Lipinski definition) is 7. The zero-order valence-corrected chi connectivity index (χ0v) is 18.3. The van der Waals surface area contributed by atoms with Crippen molar-refractivity contribution in [3.63, 3.8) is 0 Å². The second kappa shape index (κ2) is 8.69. The Morgan fingerprint density at radius 3 is 2.68 bits per heavy atom.